The largest absolute Gasteiger partial charge is 0.501 e. The summed E-state index contributed by atoms with van der Waals surface area (Å²) in [5.74, 6) is 1.22. The Labute approximate surface area is 184 Å². The summed E-state index contributed by atoms with van der Waals surface area (Å²) in [6.07, 6.45) is 2.30. The number of fused-ring (bicyclic) bond motifs is 1. The first kappa shape index (κ1) is 19.8. The Bertz CT molecular complexity index is 1120. The zero-order valence-electron chi connectivity index (χ0n) is 18.3. The van der Waals surface area contributed by atoms with Crippen molar-refractivity contribution in [2.24, 2.45) is 5.92 Å². The van der Waals surface area contributed by atoms with Crippen LogP contribution in [0.5, 0.6) is 0 Å². The number of methoxy groups -OCH3 is 2. The van der Waals surface area contributed by atoms with Gasteiger partial charge in [0.05, 0.1) is 13.0 Å². The quantitative estimate of drug-likeness (QED) is 0.474. The van der Waals surface area contributed by atoms with Gasteiger partial charge in [-0.05, 0) is 35.3 Å². The molecule has 156 valence electrons. The minimum absolute atomic E-state index is 0.00932. The molecule has 0 saturated heterocycles. The van der Waals surface area contributed by atoms with E-state index in [-0.39, 0.29) is 17.8 Å². The number of benzene rings is 3. The average Bonchev–Trinajstić information content (AvgIpc) is 3.28. The van der Waals surface area contributed by atoms with Crippen molar-refractivity contribution in [1.82, 2.24) is 0 Å². The molecule has 0 N–H and O–H groups in total. The number of hydrogen-bond acceptors (Lipinski definition) is 2. The van der Waals surface area contributed by atoms with Crippen LogP contribution in [0.2, 0.25) is 0 Å². The van der Waals surface area contributed by atoms with E-state index < -0.39 is 5.60 Å². The van der Waals surface area contributed by atoms with E-state index in [0.29, 0.717) is 0 Å². The maximum atomic E-state index is 6.64. The van der Waals surface area contributed by atoms with Gasteiger partial charge in [0.2, 0.25) is 0 Å². The molecule has 31 heavy (non-hydrogen) atoms. The fourth-order valence-corrected chi connectivity index (χ4v) is 5.99. The summed E-state index contributed by atoms with van der Waals surface area (Å²) in [6, 6.07) is 32.2. The predicted octanol–water partition coefficient (Wildman–Crippen LogP) is 6.59. The maximum Gasteiger partial charge on any atom is 0.103 e. The maximum absolute atomic E-state index is 6.64. The molecule has 3 aromatic carbocycles. The van der Waals surface area contributed by atoms with Gasteiger partial charge in [0, 0.05) is 18.9 Å². The monoisotopic (exact) mass is 408 g/mol. The molecule has 0 radical (unpaired) electrons. The van der Waals surface area contributed by atoms with E-state index >= 15 is 0 Å². The molecule has 4 atom stereocenters. The van der Waals surface area contributed by atoms with Gasteiger partial charge in [-0.3, -0.25) is 0 Å². The fourth-order valence-electron chi connectivity index (χ4n) is 5.99. The predicted molar refractivity (Wildman–Crippen MR) is 126 cm³/mol. The van der Waals surface area contributed by atoms with Crippen LogP contribution in [0.1, 0.15) is 35.4 Å². The van der Waals surface area contributed by atoms with Crippen molar-refractivity contribution in [2.75, 3.05) is 14.2 Å². The van der Waals surface area contributed by atoms with Crippen LogP contribution in [0.15, 0.2) is 108 Å². The Morgan fingerprint density at radius 1 is 0.677 bits per heavy atom. The van der Waals surface area contributed by atoms with Gasteiger partial charge in [-0.2, -0.15) is 0 Å². The van der Waals surface area contributed by atoms with E-state index in [4.69, 9.17) is 9.47 Å². The first-order valence-electron chi connectivity index (χ1n) is 10.9. The Balaban J connectivity index is 1.79. The lowest BCUT2D eigenvalue weighted by Gasteiger charge is -2.42. The number of rotatable bonds is 5. The van der Waals surface area contributed by atoms with Gasteiger partial charge in [-0.1, -0.05) is 96.6 Å². The van der Waals surface area contributed by atoms with E-state index in [0.717, 1.165) is 5.76 Å². The lowest BCUT2D eigenvalue weighted by Crippen LogP contribution is -2.45. The molecular weight excluding hydrogens is 380 g/mol. The van der Waals surface area contributed by atoms with Gasteiger partial charge in [-0.25, -0.2) is 0 Å². The van der Waals surface area contributed by atoms with Crippen LogP contribution in [0.3, 0.4) is 0 Å². The molecular formula is C29H28O2. The van der Waals surface area contributed by atoms with Crippen molar-refractivity contribution in [3.8, 4) is 0 Å². The third-order valence-electron chi connectivity index (χ3n) is 7.11. The Morgan fingerprint density at radius 3 is 1.71 bits per heavy atom. The molecule has 3 aromatic rings. The van der Waals surface area contributed by atoms with Crippen molar-refractivity contribution < 1.29 is 9.47 Å². The van der Waals surface area contributed by atoms with Gasteiger partial charge in [-0.15, -0.1) is 0 Å². The van der Waals surface area contributed by atoms with Crippen LogP contribution >= 0.6 is 0 Å². The molecule has 0 spiro atoms. The highest BCUT2D eigenvalue weighted by atomic mass is 16.5. The van der Waals surface area contributed by atoms with Crippen LogP contribution < -0.4 is 0 Å². The van der Waals surface area contributed by atoms with Crippen molar-refractivity contribution in [2.45, 2.75) is 24.4 Å². The van der Waals surface area contributed by atoms with Crippen molar-refractivity contribution >= 4 is 5.57 Å². The van der Waals surface area contributed by atoms with Crippen LogP contribution in [-0.4, -0.2) is 19.8 Å². The lowest BCUT2D eigenvalue weighted by atomic mass is 9.70. The zero-order valence-corrected chi connectivity index (χ0v) is 18.3. The second-order valence-electron chi connectivity index (χ2n) is 8.46. The third kappa shape index (κ3) is 2.90. The molecule has 0 saturated carbocycles. The zero-order chi connectivity index (χ0) is 21.4. The third-order valence-corrected chi connectivity index (χ3v) is 7.11. The van der Waals surface area contributed by atoms with Gasteiger partial charge in [0.25, 0.3) is 0 Å². The van der Waals surface area contributed by atoms with E-state index in [1.807, 2.05) is 7.11 Å². The van der Waals surface area contributed by atoms with Crippen molar-refractivity contribution in [3.63, 3.8) is 0 Å². The van der Waals surface area contributed by atoms with Crippen LogP contribution in [0.4, 0.5) is 0 Å². The van der Waals surface area contributed by atoms with E-state index in [1.165, 1.54) is 27.8 Å². The smallest absolute Gasteiger partial charge is 0.103 e. The molecule has 4 unspecified atom stereocenters. The van der Waals surface area contributed by atoms with Crippen LogP contribution in [0.25, 0.3) is 5.57 Å². The molecule has 0 fully saturated rings. The SMILES string of the molecule is COC1=CC2C(c3ccccc3)=C(C)C(c3ccccc3)C2(OC)C1c1ccccc1. The summed E-state index contributed by atoms with van der Waals surface area (Å²) >= 11 is 0. The molecule has 0 aromatic heterocycles. The summed E-state index contributed by atoms with van der Waals surface area (Å²) in [4.78, 5) is 0. The molecule has 0 heterocycles. The highest BCUT2D eigenvalue weighted by Crippen LogP contribution is 2.65. The Hall–Kier alpha value is -3.10. The molecule has 0 bridgehead atoms. The number of hydrogen-bond donors (Lipinski definition) is 0. The van der Waals surface area contributed by atoms with Gasteiger partial charge in [0.15, 0.2) is 0 Å². The molecule has 2 aliphatic rings. The first-order chi connectivity index (χ1) is 15.2. The highest BCUT2D eigenvalue weighted by molar-refractivity contribution is 5.80. The Kier molecular flexibility index (Phi) is 5.03. The Morgan fingerprint density at radius 2 is 1.19 bits per heavy atom. The average molecular weight is 409 g/mol. The van der Waals surface area contributed by atoms with Crippen LogP contribution in [-0.2, 0) is 9.47 Å². The molecule has 5 rings (SSSR count). The van der Waals surface area contributed by atoms with Gasteiger partial charge in [0.1, 0.15) is 11.4 Å². The lowest BCUT2D eigenvalue weighted by molar-refractivity contribution is -0.0464. The van der Waals surface area contributed by atoms with Gasteiger partial charge >= 0.3 is 0 Å². The second kappa shape index (κ2) is 7.86. The van der Waals surface area contributed by atoms with E-state index in [1.54, 1.807) is 7.11 Å². The summed E-state index contributed by atoms with van der Waals surface area (Å²) in [5.41, 5.74) is 6.00. The summed E-state index contributed by atoms with van der Waals surface area (Å²) in [6.45, 7) is 2.28. The summed E-state index contributed by atoms with van der Waals surface area (Å²) in [7, 11) is 3.65. The van der Waals surface area contributed by atoms with Crippen molar-refractivity contribution in [3.05, 3.63) is 125 Å². The van der Waals surface area contributed by atoms with Crippen LogP contribution in [0, 0.1) is 5.92 Å². The molecule has 2 heteroatoms. The van der Waals surface area contributed by atoms with Gasteiger partial charge < -0.3 is 9.47 Å². The van der Waals surface area contributed by atoms with E-state index in [2.05, 4.69) is 104 Å². The minimum atomic E-state index is -0.483. The van der Waals surface area contributed by atoms with E-state index in [9.17, 15) is 0 Å². The second-order valence-corrected chi connectivity index (χ2v) is 8.46. The normalized spacial score (nSPS) is 27.2. The topological polar surface area (TPSA) is 18.5 Å². The molecule has 0 amide bonds. The fraction of sp³-hybridized carbons (Fsp3) is 0.241. The van der Waals surface area contributed by atoms with Crippen molar-refractivity contribution in [1.29, 1.82) is 0 Å². The standard InChI is InChI=1S/C29H28O2/c1-20-26(21-13-7-4-8-14-21)24-19-25(30-2)28(23-17-11-6-12-18-23)29(24,31-3)27(20)22-15-9-5-10-16-22/h4-19,24,27-28H,1-3H3. The first-order valence-corrected chi connectivity index (χ1v) is 10.9. The summed E-state index contributed by atoms with van der Waals surface area (Å²) in [5, 5.41) is 0. The highest BCUT2D eigenvalue weighted by Gasteiger charge is 2.63. The molecule has 2 aliphatic carbocycles. The molecule has 2 nitrogen and oxygen atoms in total. The summed E-state index contributed by atoms with van der Waals surface area (Å²) < 4.78 is 12.6. The number of ether oxygens (including phenoxy) is 2. The minimum Gasteiger partial charge on any atom is -0.501 e. The molecule has 0 aliphatic heterocycles.